The molecule has 0 saturated heterocycles. The normalized spacial score (nSPS) is 18.1. The first-order chi connectivity index (χ1) is 7.94. The molecule has 0 spiro atoms. The number of carbonyl (C=O) groups is 1. The van der Waals surface area contributed by atoms with Gasteiger partial charge in [-0.2, -0.15) is 43.9 Å². The highest BCUT2D eigenvalue weighted by molar-refractivity contribution is 5.77. The fraction of sp³-hybridized carbons (Fsp3) is 0.833. The summed E-state index contributed by atoms with van der Waals surface area (Å²) in [6, 6.07) is 0. The van der Waals surface area contributed by atoms with Gasteiger partial charge in [-0.3, -0.25) is 0 Å². The summed E-state index contributed by atoms with van der Waals surface area (Å²) in [5.74, 6) is -18.9. The van der Waals surface area contributed by atoms with Crippen molar-refractivity contribution in [2.45, 2.75) is 29.9 Å². The van der Waals surface area contributed by atoms with Crippen molar-refractivity contribution < 1.29 is 58.2 Å². The lowest BCUT2D eigenvalue weighted by atomic mass is 9.88. The minimum absolute atomic E-state index is 4.13. The second-order valence-corrected chi connectivity index (χ2v) is 3.11. The molecule has 2 nitrogen and oxygen atoms in total. The fourth-order valence-corrected chi connectivity index (χ4v) is 0.896. The monoisotopic (exact) mass is 314 g/mol. The van der Waals surface area contributed by atoms with Crippen molar-refractivity contribution in [3.05, 3.63) is 0 Å². The number of hydrogen-bond acceptors (Lipinski definition) is 1. The second-order valence-electron chi connectivity index (χ2n) is 3.11. The number of hydrogen-bond donors (Lipinski definition) is 1. The van der Waals surface area contributed by atoms with Crippen LogP contribution in [0.25, 0.3) is 0 Å². The number of alkyl halides is 11. The number of rotatable bonds is 3. The van der Waals surface area contributed by atoms with E-state index in [9.17, 15) is 53.1 Å². The average molecular weight is 314 g/mol. The molecule has 0 aliphatic rings. The fourth-order valence-electron chi connectivity index (χ4n) is 0.896. The van der Waals surface area contributed by atoms with E-state index in [4.69, 9.17) is 5.11 Å². The van der Waals surface area contributed by atoms with Crippen molar-refractivity contribution in [2.75, 3.05) is 0 Å². The van der Waals surface area contributed by atoms with Gasteiger partial charge in [0.05, 0.1) is 0 Å². The van der Waals surface area contributed by atoms with Crippen LogP contribution in [0, 0.1) is 0 Å². The summed E-state index contributed by atoms with van der Waals surface area (Å²) in [5, 5.41) is 7.58. The Kier molecular flexibility index (Phi) is 3.82. The standard InChI is InChI=1S/C6HF11O2/c7-2(8,1(18)19)3(9,5(12,13)14)4(10,11)6(15,16)17/h(H,18,19). The number of carboxylic acid groups (broad SMARTS) is 1. The van der Waals surface area contributed by atoms with E-state index < -0.39 is 35.8 Å². The van der Waals surface area contributed by atoms with Gasteiger partial charge in [0.25, 0.3) is 0 Å². The summed E-state index contributed by atoms with van der Waals surface area (Å²) in [6.07, 6.45) is -14.9. The molecule has 0 rings (SSSR count). The molecule has 0 radical (unpaired) electrons. The maximum atomic E-state index is 12.9. The number of halogens is 11. The summed E-state index contributed by atoms with van der Waals surface area (Å²) in [5.41, 5.74) is -7.66. The molecular weight excluding hydrogens is 313 g/mol. The van der Waals surface area contributed by atoms with Gasteiger partial charge in [-0.1, -0.05) is 0 Å². The van der Waals surface area contributed by atoms with Crippen LogP contribution in [0.2, 0.25) is 0 Å². The maximum absolute atomic E-state index is 12.9. The Labute approximate surface area is 95.3 Å². The van der Waals surface area contributed by atoms with E-state index >= 15 is 0 Å². The lowest BCUT2D eigenvalue weighted by Crippen LogP contribution is -2.72. The first-order valence-electron chi connectivity index (χ1n) is 3.76. The van der Waals surface area contributed by atoms with E-state index in [0.29, 0.717) is 0 Å². The lowest BCUT2D eigenvalue weighted by molar-refractivity contribution is -0.417. The molecule has 1 N–H and O–H groups in total. The van der Waals surface area contributed by atoms with E-state index in [-0.39, 0.29) is 0 Å². The summed E-state index contributed by atoms with van der Waals surface area (Å²) < 4.78 is 133. The van der Waals surface area contributed by atoms with E-state index in [0.717, 1.165) is 0 Å². The van der Waals surface area contributed by atoms with E-state index in [2.05, 4.69) is 0 Å². The summed E-state index contributed by atoms with van der Waals surface area (Å²) in [7, 11) is 0. The summed E-state index contributed by atoms with van der Waals surface area (Å²) in [6.45, 7) is 0. The molecule has 13 heteroatoms. The molecule has 0 aliphatic carbocycles. The first-order valence-corrected chi connectivity index (χ1v) is 3.76. The van der Waals surface area contributed by atoms with E-state index in [1.54, 1.807) is 0 Å². The van der Waals surface area contributed by atoms with Gasteiger partial charge < -0.3 is 5.11 Å². The van der Waals surface area contributed by atoms with Gasteiger partial charge in [-0.05, 0) is 0 Å². The van der Waals surface area contributed by atoms with E-state index in [1.807, 2.05) is 0 Å². The highest BCUT2D eigenvalue weighted by atomic mass is 19.4. The van der Waals surface area contributed by atoms with Gasteiger partial charge in [0, 0.05) is 0 Å². The first kappa shape index (κ1) is 17.7. The molecule has 114 valence electrons. The zero-order chi connectivity index (χ0) is 16.1. The molecule has 1 unspecified atom stereocenters. The zero-order valence-electron chi connectivity index (χ0n) is 8.01. The van der Waals surface area contributed by atoms with Crippen molar-refractivity contribution in [1.29, 1.82) is 0 Å². The lowest BCUT2D eigenvalue weighted by Gasteiger charge is -2.38. The van der Waals surface area contributed by atoms with Crippen LogP contribution in [0.4, 0.5) is 48.3 Å². The van der Waals surface area contributed by atoms with Gasteiger partial charge >= 0.3 is 35.8 Å². The van der Waals surface area contributed by atoms with Crippen LogP contribution < -0.4 is 0 Å². The van der Waals surface area contributed by atoms with Crippen LogP contribution in [-0.2, 0) is 4.79 Å². The predicted molar refractivity (Wildman–Crippen MR) is 33.5 cm³/mol. The largest absolute Gasteiger partial charge is 0.477 e. The number of carboxylic acids is 1. The van der Waals surface area contributed by atoms with E-state index in [1.165, 1.54) is 0 Å². The van der Waals surface area contributed by atoms with Crippen LogP contribution in [0.1, 0.15) is 0 Å². The van der Waals surface area contributed by atoms with Crippen LogP contribution >= 0.6 is 0 Å². The molecule has 0 amide bonds. The summed E-state index contributed by atoms with van der Waals surface area (Å²) in [4.78, 5) is 9.70. The minimum Gasteiger partial charge on any atom is -0.477 e. The van der Waals surface area contributed by atoms with Gasteiger partial charge in [0.1, 0.15) is 0 Å². The molecule has 0 saturated carbocycles. The molecule has 1 atom stereocenters. The third kappa shape index (κ3) is 2.18. The average Bonchev–Trinajstić information content (AvgIpc) is 2.11. The Balaban J connectivity index is 6.38. The quantitative estimate of drug-likeness (QED) is 0.813. The van der Waals surface area contributed by atoms with Crippen molar-refractivity contribution in [3.8, 4) is 0 Å². The third-order valence-corrected chi connectivity index (χ3v) is 1.88. The maximum Gasteiger partial charge on any atom is 0.457 e. The van der Waals surface area contributed by atoms with Crippen LogP contribution in [0.3, 0.4) is 0 Å². The predicted octanol–water partition coefficient (Wildman–Crippen LogP) is 3.17. The molecule has 19 heavy (non-hydrogen) atoms. The van der Waals surface area contributed by atoms with Gasteiger partial charge in [0.15, 0.2) is 0 Å². The van der Waals surface area contributed by atoms with Gasteiger partial charge in [-0.25, -0.2) is 9.18 Å². The van der Waals surface area contributed by atoms with Gasteiger partial charge in [0.2, 0.25) is 0 Å². The molecule has 0 aromatic rings. The minimum atomic E-state index is -7.68. The SMILES string of the molecule is O=C(O)C(F)(F)C(F)(C(F)(F)F)C(F)(F)C(F)(F)F. The Bertz CT molecular complexity index is 366. The molecular formula is C6HF11O2. The van der Waals surface area contributed by atoms with Crippen molar-refractivity contribution in [1.82, 2.24) is 0 Å². The van der Waals surface area contributed by atoms with Crippen LogP contribution in [0.15, 0.2) is 0 Å². The molecule has 0 aromatic carbocycles. The molecule has 0 aromatic heterocycles. The van der Waals surface area contributed by atoms with Crippen LogP contribution in [0.5, 0.6) is 0 Å². The van der Waals surface area contributed by atoms with Gasteiger partial charge in [-0.15, -0.1) is 0 Å². The Morgan fingerprint density at radius 2 is 1.00 bits per heavy atom. The summed E-state index contributed by atoms with van der Waals surface area (Å²) >= 11 is 0. The highest BCUT2D eigenvalue weighted by Gasteiger charge is 2.91. The molecule has 0 heterocycles. The van der Waals surface area contributed by atoms with Crippen molar-refractivity contribution >= 4 is 5.97 Å². The zero-order valence-corrected chi connectivity index (χ0v) is 8.01. The Hall–Kier alpha value is -1.30. The van der Waals surface area contributed by atoms with Crippen molar-refractivity contribution in [3.63, 3.8) is 0 Å². The number of aliphatic carboxylic acids is 1. The van der Waals surface area contributed by atoms with Crippen molar-refractivity contribution in [2.24, 2.45) is 0 Å². The molecule has 0 bridgehead atoms. The third-order valence-electron chi connectivity index (χ3n) is 1.88. The van der Waals surface area contributed by atoms with Crippen LogP contribution in [-0.4, -0.2) is 40.9 Å². The Morgan fingerprint density at radius 1 is 0.684 bits per heavy atom. The smallest absolute Gasteiger partial charge is 0.457 e. The molecule has 0 aliphatic heterocycles. The Morgan fingerprint density at radius 3 is 1.16 bits per heavy atom. The highest BCUT2D eigenvalue weighted by Crippen LogP contribution is 2.58. The second kappa shape index (κ2) is 4.10. The topological polar surface area (TPSA) is 37.3 Å². The molecule has 0 fully saturated rings.